The Kier molecular flexibility index (Phi) is 4.98. The maximum Gasteiger partial charge on any atom is 0.270 e. The maximum atomic E-state index is 12.7. The first-order valence-electron chi connectivity index (χ1n) is 7.13. The molecular formula is C15H19BrN2O3. The molecule has 0 heterocycles. The number of rotatable bonds is 3. The summed E-state index contributed by atoms with van der Waals surface area (Å²) in [6.07, 6.45) is 4.46. The predicted octanol–water partition coefficient (Wildman–Crippen LogP) is 4.01. The van der Waals surface area contributed by atoms with Crippen molar-refractivity contribution in [1.29, 1.82) is 0 Å². The van der Waals surface area contributed by atoms with Gasteiger partial charge in [-0.3, -0.25) is 14.9 Å². The highest BCUT2D eigenvalue weighted by atomic mass is 79.9. The molecule has 0 aliphatic heterocycles. The van der Waals surface area contributed by atoms with E-state index in [1.807, 2.05) is 0 Å². The number of nitro benzene ring substituents is 1. The van der Waals surface area contributed by atoms with E-state index in [-0.39, 0.29) is 17.6 Å². The van der Waals surface area contributed by atoms with Crippen molar-refractivity contribution in [3.8, 4) is 0 Å². The summed E-state index contributed by atoms with van der Waals surface area (Å²) in [4.78, 5) is 24.8. The van der Waals surface area contributed by atoms with Crippen molar-refractivity contribution in [3.63, 3.8) is 0 Å². The number of amides is 1. The molecule has 0 N–H and O–H groups in total. The first-order chi connectivity index (χ1) is 9.91. The second-order valence-electron chi connectivity index (χ2n) is 5.67. The molecule has 0 aromatic heterocycles. The largest absolute Gasteiger partial charge is 0.338 e. The maximum absolute atomic E-state index is 12.7. The van der Waals surface area contributed by atoms with Crippen LogP contribution in [-0.2, 0) is 0 Å². The van der Waals surface area contributed by atoms with Crippen LogP contribution in [0, 0.1) is 16.0 Å². The fourth-order valence-corrected chi connectivity index (χ4v) is 3.42. The van der Waals surface area contributed by atoms with E-state index in [1.165, 1.54) is 18.6 Å². The van der Waals surface area contributed by atoms with Crippen LogP contribution < -0.4 is 0 Å². The molecule has 5 nitrogen and oxygen atoms in total. The molecule has 1 aliphatic rings. The Bertz CT molecular complexity index is 562. The second-order valence-corrected chi connectivity index (χ2v) is 6.52. The molecule has 1 aliphatic carbocycles. The molecule has 0 saturated heterocycles. The van der Waals surface area contributed by atoms with Crippen molar-refractivity contribution in [2.45, 2.75) is 38.6 Å². The number of hydrogen-bond donors (Lipinski definition) is 0. The van der Waals surface area contributed by atoms with Crippen LogP contribution >= 0.6 is 15.9 Å². The van der Waals surface area contributed by atoms with Gasteiger partial charge in [0, 0.05) is 29.7 Å². The number of nitrogens with zero attached hydrogens (tertiary/aromatic N) is 2. The van der Waals surface area contributed by atoms with Crippen molar-refractivity contribution in [3.05, 3.63) is 38.3 Å². The van der Waals surface area contributed by atoms with Crippen LogP contribution in [0.3, 0.4) is 0 Å². The van der Waals surface area contributed by atoms with Crippen LogP contribution in [0.25, 0.3) is 0 Å². The Morgan fingerprint density at radius 2 is 2.05 bits per heavy atom. The lowest BCUT2D eigenvalue weighted by Crippen LogP contribution is -2.42. The second kappa shape index (κ2) is 6.56. The fraction of sp³-hybridized carbons (Fsp3) is 0.533. The minimum absolute atomic E-state index is 0.0633. The summed E-state index contributed by atoms with van der Waals surface area (Å²) >= 11 is 3.32. The van der Waals surface area contributed by atoms with Gasteiger partial charge in [-0.05, 0) is 40.8 Å². The van der Waals surface area contributed by atoms with Crippen LogP contribution in [0.2, 0.25) is 0 Å². The summed E-state index contributed by atoms with van der Waals surface area (Å²) in [5, 5.41) is 10.9. The van der Waals surface area contributed by atoms with Crippen LogP contribution in [0.15, 0.2) is 22.7 Å². The lowest BCUT2D eigenvalue weighted by atomic mass is 9.85. The van der Waals surface area contributed by atoms with Gasteiger partial charge < -0.3 is 4.90 Å². The number of hydrogen-bond acceptors (Lipinski definition) is 3. The van der Waals surface area contributed by atoms with E-state index in [9.17, 15) is 14.9 Å². The van der Waals surface area contributed by atoms with Crippen LogP contribution in [-0.4, -0.2) is 28.8 Å². The van der Waals surface area contributed by atoms with Gasteiger partial charge in [0.1, 0.15) is 0 Å². The predicted molar refractivity (Wildman–Crippen MR) is 84.3 cm³/mol. The summed E-state index contributed by atoms with van der Waals surface area (Å²) in [7, 11) is 1.79. The van der Waals surface area contributed by atoms with E-state index in [4.69, 9.17) is 0 Å². The zero-order valence-electron chi connectivity index (χ0n) is 12.2. The monoisotopic (exact) mass is 354 g/mol. The Morgan fingerprint density at radius 1 is 1.38 bits per heavy atom. The van der Waals surface area contributed by atoms with Gasteiger partial charge in [-0.1, -0.05) is 19.8 Å². The van der Waals surface area contributed by atoms with Gasteiger partial charge in [0.05, 0.1) is 10.5 Å². The molecule has 2 unspecified atom stereocenters. The summed E-state index contributed by atoms with van der Waals surface area (Å²) in [5.41, 5.74) is 0.288. The van der Waals surface area contributed by atoms with E-state index in [0.29, 0.717) is 16.0 Å². The summed E-state index contributed by atoms with van der Waals surface area (Å²) in [5.74, 6) is 0.300. The molecule has 2 atom stereocenters. The summed E-state index contributed by atoms with van der Waals surface area (Å²) in [6, 6.07) is 4.50. The molecule has 114 valence electrons. The van der Waals surface area contributed by atoms with Gasteiger partial charge >= 0.3 is 0 Å². The number of carbonyl (C=O) groups excluding carboxylic acids is 1. The van der Waals surface area contributed by atoms with Crippen molar-refractivity contribution in [2.75, 3.05) is 7.05 Å². The molecule has 1 amide bonds. The lowest BCUT2D eigenvalue weighted by molar-refractivity contribution is -0.384. The lowest BCUT2D eigenvalue weighted by Gasteiger charge is -2.36. The Hall–Kier alpha value is -1.43. The Balaban J connectivity index is 2.26. The molecule has 6 heteroatoms. The standard InChI is InChI=1S/C15H19BrN2O3/c1-10-5-3-4-6-14(10)17(2)15(19)12-9-11(18(20)21)7-8-13(12)16/h7-10,14H,3-6H2,1-2H3. The first-order valence-corrected chi connectivity index (χ1v) is 7.92. The number of nitro groups is 1. The topological polar surface area (TPSA) is 63.5 Å². The van der Waals surface area contributed by atoms with Crippen molar-refractivity contribution >= 4 is 27.5 Å². The quantitative estimate of drug-likeness (QED) is 0.608. The fourth-order valence-electron chi connectivity index (χ4n) is 3.00. The number of carbonyl (C=O) groups is 1. The molecule has 0 spiro atoms. The normalized spacial score (nSPS) is 21.9. The Morgan fingerprint density at radius 3 is 2.67 bits per heavy atom. The highest BCUT2D eigenvalue weighted by molar-refractivity contribution is 9.10. The third-order valence-corrected chi connectivity index (χ3v) is 4.97. The van der Waals surface area contributed by atoms with Gasteiger partial charge in [0.25, 0.3) is 11.6 Å². The third-order valence-electron chi connectivity index (χ3n) is 4.28. The zero-order valence-corrected chi connectivity index (χ0v) is 13.8. The molecule has 0 radical (unpaired) electrons. The number of halogens is 1. The minimum atomic E-state index is -0.480. The average molecular weight is 355 g/mol. The zero-order chi connectivity index (χ0) is 15.6. The minimum Gasteiger partial charge on any atom is -0.338 e. The van der Waals surface area contributed by atoms with Crippen molar-refractivity contribution in [2.24, 2.45) is 5.92 Å². The van der Waals surface area contributed by atoms with Crippen LogP contribution in [0.4, 0.5) is 5.69 Å². The molecule has 1 fully saturated rings. The number of non-ortho nitro benzene ring substituents is 1. The molecular weight excluding hydrogens is 336 g/mol. The van der Waals surface area contributed by atoms with Crippen molar-refractivity contribution < 1.29 is 9.72 Å². The van der Waals surface area contributed by atoms with Gasteiger partial charge in [0.15, 0.2) is 0 Å². The van der Waals surface area contributed by atoms with Crippen LogP contribution in [0.5, 0.6) is 0 Å². The van der Waals surface area contributed by atoms with Crippen molar-refractivity contribution in [1.82, 2.24) is 4.90 Å². The highest BCUT2D eigenvalue weighted by Gasteiger charge is 2.29. The van der Waals surface area contributed by atoms with E-state index < -0.39 is 4.92 Å². The molecule has 1 saturated carbocycles. The molecule has 2 rings (SSSR count). The van der Waals surface area contributed by atoms with Gasteiger partial charge in [-0.2, -0.15) is 0 Å². The number of benzene rings is 1. The average Bonchev–Trinajstić information content (AvgIpc) is 2.46. The van der Waals surface area contributed by atoms with E-state index >= 15 is 0 Å². The van der Waals surface area contributed by atoms with Gasteiger partial charge in [-0.15, -0.1) is 0 Å². The molecule has 0 bridgehead atoms. The van der Waals surface area contributed by atoms with E-state index in [2.05, 4.69) is 22.9 Å². The molecule has 21 heavy (non-hydrogen) atoms. The smallest absolute Gasteiger partial charge is 0.270 e. The molecule has 1 aromatic carbocycles. The highest BCUT2D eigenvalue weighted by Crippen LogP contribution is 2.30. The van der Waals surface area contributed by atoms with E-state index in [1.54, 1.807) is 18.0 Å². The SMILES string of the molecule is CC1CCCCC1N(C)C(=O)c1cc([N+](=O)[O-])ccc1Br. The Labute approximate surface area is 132 Å². The summed E-state index contributed by atoms with van der Waals surface area (Å²) in [6.45, 7) is 2.16. The first kappa shape index (κ1) is 15.9. The van der Waals surface area contributed by atoms with E-state index in [0.717, 1.165) is 19.3 Å². The van der Waals surface area contributed by atoms with Crippen LogP contribution in [0.1, 0.15) is 43.0 Å². The van der Waals surface area contributed by atoms with Gasteiger partial charge in [-0.25, -0.2) is 0 Å². The van der Waals surface area contributed by atoms with Gasteiger partial charge in [0.2, 0.25) is 0 Å². The molecule has 1 aromatic rings. The third kappa shape index (κ3) is 3.43. The summed E-state index contributed by atoms with van der Waals surface area (Å²) < 4.78 is 0.591.